The summed E-state index contributed by atoms with van der Waals surface area (Å²) in [7, 11) is 0. The van der Waals surface area contributed by atoms with Crippen LogP contribution >= 0.6 is 15.9 Å². The largest absolute Gasteiger partial charge is 0.367 e. The highest BCUT2D eigenvalue weighted by molar-refractivity contribution is 9.08. The summed E-state index contributed by atoms with van der Waals surface area (Å²) in [5.74, 6) is 1.94. The topological polar surface area (TPSA) is 39.9 Å². The fraction of sp³-hybridized carbons (Fsp3) is 0.818. The number of alkyl halides is 1. The van der Waals surface area contributed by atoms with Gasteiger partial charge >= 0.3 is 0 Å². The van der Waals surface area contributed by atoms with Gasteiger partial charge in [0.2, 0.25) is 0 Å². The highest BCUT2D eigenvalue weighted by atomic mass is 79.9. The first kappa shape index (κ1) is 12.0. The van der Waals surface area contributed by atoms with Crippen LogP contribution in [-0.4, -0.2) is 21.4 Å². The molecule has 1 saturated heterocycles. The number of hydrogen-bond acceptors (Lipinski definition) is 3. The summed E-state index contributed by atoms with van der Waals surface area (Å²) >= 11 is 3.45. The fourth-order valence-corrected chi connectivity index (χ4v) is 2.66. The van der Waals surface area contributed by atoms with E-state index in [1.165, 1.54) is 0 Å². The molecule has 0 saturated carbocycles. The number of hydrogen-bond donors (Lipinski definition) is 0. The van der Waals surface area contributed by atoms with Gasteiger partial charge < -0.3 is 9.30 Å². The van der Waals surface area contributed by atoms with Crippen molar-refractivity contribution in [1.82, 2.24) is 14.8 Å². The fourth-order valence-electron chi connectivity index (χ4n) is 2.27. The average Bonchev–Trinajstić information content (AvgIpc) is 2.83. The lowest BCUT2D eigenvalue weighted by Crippen LogP contribution is -2.26. The van der Waals surface area contributed by atoms with Gasteiger partial charge in [-0.1, -0.05) is 15.9 Å². The maximum atomic E-state index is 5.84. The van der Waals surface area contributed by atoms with E-state index in [0.717, 1.165) is 36.4 Å². The number of nitrogens with zero attached hydrogens (tertiary/aromatic N) is 3. The van der Waals surface area contributed by atoms with Crippen LogP contribution in [0.15, 0.2) is 0 Å². The van der Waals surface area contributed by atoms with Gasteiger partial charge in [-0.15, -0.1) is 10.2 Å². The third-order valence-electron chi connectivity index (χ3n) is 3.09. The van der Waals surface area contributed by atoms with Crippen molar-refractivity contribution in [3.05, 3.63) is 11.6 Å². The molecule has 0 spiro atoms. The molecule has 0 N–H and O–H groups in total. The van der Waals surface area contributed by atoms with Crippen molar-refractivity contribution in [3.63, 3.8) is 0 Å². The minimum Gasteiger partial charge on any atom is -0.367 e. The van der Waals surface area contributed by atoms with Crippen molar-refractivity contribution >= 4 is 15.9 Å². The lowest BCUT2D eigenvalue weighted by Gasteiger charge is -2.25. The predicted octanol–water partition coefficient (Wildman–Crippen LogP) is 2.78. The summed E-state index contributed by atoms with van der Waals surface area (Å²) in [5.41, 5.74) is -0.252. The van der Waals surface area contributed by atoms with Crippen LogP contribution < -0.4 is 0 Å². The Bertz CT molecular complexity index is 369. The van der Waals surface area contributed by atoms with Crippen molar-refractivity contribution in [3.8, 4) is 0 Å². The quantitative estimate of drug-likeness (QED) is 0.803. The van der Waals surface area contributed by atoms with Crippen LogP contribution in [0, 0.1) is 0 Å². The maximum Gasteiger partial charge on any atom is 0.165 e. The first-order valence-electron chi connectivity index (χ1n) is 5.72. The molecular weight excluding hydrogens is 270 g/mol. The molecule has 16 heavy (non-hydrogen) atoms. The molecule has 0 amide bonds. The monoisotopic (exact) mass is 287 g/mol. The Morgan fingerprint density at radius 3 is 2.75 bits per heavy atom. The summed E-state index contributed by atoms with van der Waals surface area (Å²) < 4.78 is 8.02. The Balaban J connectivity index is 2.44. The van der Waals surface area contributed by atoms with Crippen LogP contribution in [0.4, 0.5) is 0 Å². The zero-order chi connectivity index (χ0) is 11.8. The highest BCUT2D eigenvalue weighted by Gasteiger charge is 2.37. The van der Waals surface area contributed by atoms with Crippen molar-refractivity contribution < 1.29 is 4.74 Å². The van der Waals surface area contributed by atoms with Crippen molar-refractivity contribution in [1.29, 1.82) is 0 Å². The predicted molar refractivity (Wildman–Crippen MR) is 65.6 cm³/mol. The van der Waals surface area contributed by atoms with Crippen molar-refractivity contribution in [2.75, 3.05) is 6.61 Å². The van der Waals surface area contributed by atoms with Crippen molar-refractivity contribution in [2.24, 2.45) is 0 Å². The molecular formula is C11H18BrN3O. The van der Waals surface area contributed by atoms with E-state index in [9.17, 15) is 0 Å². The second-order valence-electron chi connectivity index (χ2n) is 4.72. The third-order valence-corrected chi connectivity index (χ3v) is 3.60. The first-order valence-corrected chi connectivity index (χ1v) is 6.85. The van der Waals surface area contributed by atoms with Gasteiger partial charge in [0.25, 0.3) is 0 Å². The number of halogens is 1. The lowest BCUT2D eigenvalue weighted by atomic mass is 10.0. The molecule has 5 heteroatoms. The van der Waals surface area contributed by atoms with E-state index in [-0.39, 0.29) is 5.60 Å². The van der Waals surface area contributed by atoms with Gasteiger partial charge in [0.05, 0.1) is 5.33 Å². The highest BCUT2D eigenvalue weighted by Crippen LogP contribution is 2.36. The summed E-state index contributed by atoms with van der Waals surface area (Å²) in [5, 5.41) is 9.28. The van der Waals surface area contributed by atoms with Gasteiger partial charge in [0.15, 0.2) is 5.82 Å². The van der Waals surface area contributed by atoms with Crippen molar-refractivity contribution in [2.45, 2.75) is 50.6 Å². The molecule has 1 aromatic heterocycles. The van der Waals surface area contributed by atoms with Gasteiger partial charge in [-0.2, -0.15) is 0 Å². The molecule has 2 heterocycles. The number of aromatic nitrogens is 3. The van der Waals surface area contributed by atoms with E-state index in [2.05, 4.69) is 51.5 Å². The van der Waals surface area contributed by atoms with E-state index >= 15 is 0 Å². The van der Waals surface area contributed by atoms with Gasteiger partial charge in [-0.3, -0.25) is 0 Å². The number of rotatable bonds is 3. The third kappa shape index (κ3) is 1.91. The molecule has 1 atom stereocenters. The van der Waals surface area contributed by atoms with Crippen LogP contribution in [0.5, 0.6) is 0 Å². The summed E-state index contributed by atoms with van der Waals surface area (Å²) in [6.07, 6.45) is 2.13. The van der Waals surface area contributed by atoms with Gasteiger partial charge in [-0.05, 0) is 33.6 Å². The van der Waals surface area contributed by atoms with Gasteiger partial charge in [0, 0.05) is 12.6 Å². The molecule has 4 nitrogen and oxygen atoms in total. The van der Waals surface area contributed by atoms with Gasteiger partial charge in [0.1, 0.15) is 11.4 Å². The van der Waals surface area contributed by atoms with E-state index in [1.54, 1.807) is 0 Å². The maximum absolute atomic E-state index is 5.84. The Labute approximate surface area is 105 Å². The molecule has 90 valence electrons. The molecule has 0 aliphatic carbocycles. The molecule has 1 aliphatic heterocycles. The van der Waals surface area contributed by atoms with E-state index in [4.69, 9.17) is 4.74 Å². The Morgan fingerprint density at radius 2 is 2.25 bits per heavy atom. The van der Waals surface area contributed by atoms with E-state index in [0.29, 0.717) is 6.04 Å². The first-order chi connectivity index (χ1) is 7.58. The molecule has 2 rings (SSSR count). The normalized spacial score (nSPS) is 25.6. The summed E-state index contributed by atoms with van der Waals surface area (Å²) in [6, 6.07) is 0.360. The summed E-state index contributed by atoms with van der Waals surface area (Å²) in [4.78, 5) is 0. The average molecular weight is 288 g/mol. The molecule has 1 fully saturated rings. The number of ether oxygens (including phenoxy) is 1. The standard InChI is InChI=1S/C11H18BrN3O/c1-8(2)15-9(7-12)13-14-10(15)11(3)5-4-6-16-11/h8H,4-7H2,1-3H3. The molecule has 0 radical (unpaired) electrons. The van der Waals surface area contributed by atoms with Crippen LogP contribution in [0.1, 0.15) is 51.3 Å². The van der Waals surface area contributed by atoms with Crippen LogP contribution in [-0.2, 0) is 15.7 Å². The smallest absolute Gasteiger partial charge is 0.165 e. The Morgan fingerprint density at radius 1 is 1.50 bits per heavy atom. The summed E-state index contributed by atoms with van der Waals surface area (Å²) in [6.45, 7) is 7.24. The Hall–Kier alpha value is -0.420. The van der Waals surface area contributed by atoms with Crippen LogP contribution in [0.25, 0.3) is 0 Å². The van der Waals surface area contributed by atoms with Crippen LogP contribution in [0.2, 0.25) is 0 Å². The van der Waals surface area contributed by atoms with E-state index < -0.39 is 0 Å². The van der Waals surface area contributed by atoms with E-state index in [1.807, 2.05) is 0 Å². The molecule has 0 aromatic carbocycles. The molecule has 0 bridgehead atoms. The zero-order valence-electron chi connectivity index (χ0n) is 10.0. The lowest BCUT2D eigenvalue weighted by molar-refractivity contribution is 0.00537. The van der Waals surface area contributed by atoms with Gasteiger partial charge in [-0.25, -0.2) is 0 Å². The molecule has 1 aliphatic rings. The zero-order valence-corrected chi connectivity index (χ0v) is 11.6. The second-order valence-corrected chi connectivity index (χ2v) is 5.28. The second kappa shape index (κ2) is 4.45. The molecule has 1 unspecified atom stereocenters. The minimum absolute atomic E-state index is 0.252. The minimum atomic E-state index is -0.252. The van der Waals surface area contributed by atoms with Crippen LogP contribution in [0.3, 0.4) is 0 Å². The molecule has 1 aromatic rings. The Kier molecular flexibility index (Phi) is 3.35. The SMILES string of the molecule is CC(C)n1c(CBr)nnc1C1(C)CCCO1.